The second-order valence-corrected chi connectivity index (χ2v) is 5.11. The first-order valence-electron chi connectivity index (χ1n) is 7.28. The van der Waals surface area contributed by atoms with E-state index in [1.165, 1.54) is 0 Å². The Hall–Kier alpha value is -2.95. The number of benzene rings is 2. The molecule has 5 heteroatoms. The SMILES string of the molecule is COc1cccc(CNC(=O)c2cc3ccccc3[nH]2)c1OC. The van der Waals surface area contributed by atoms with E-state index in [-0.39, 0.29) is 5.91 Å². The molecule has 5 nitrogen and oxygen atoms in total. The molecule has 0 atom stereocenters. The zero-order valence-electron chi connectivity index (χ0n) is 13.1. The molecule has 1 heterocycles. The van der Waals surface area contributed by atoms with Gasteiger partial charge in [0.2, 0.25) is 0 Å². The Morgan fingerprint density at radius 2 is 1.91 bits per heavy atom. The molecule has 1 aromatic heterocycles. The summed E-state index contributed by atoms with van der Waals surface area (Å²) in [5.41, 5.74) is 2.33. The molecule has 1 amide bonds. The number of nitrogens with one attached hydrogen (secondary N) is 2. The fourth-order valence-electron chi connectivity index (χ4n) is 2.56. The summed E-state index contributed by atoms with van der Waals surface area (Å²) in [7, 11) is 3.17. The predicted molar refractivity (Wildman–Crippen MR) is 89.0 cm³/mol. The molecule has 0 bridgehead atoms. The summed E-state index contributed by atoms with van der Waals surface area (Å²) < 4.78 is 10.6. The largest absolute Gasteiger partial charge is 0.493 e. The van der Waals surface area contributed by atoms with Crippen molar-refractivity contribution in [1.29, 1.82) is 0 Å². The van der Waals surface area contributed by atoms with Crippen molar-refractivity contribution in [3.05, 3.63) is 59.8 Å². The maximum absolute atomic E-state index is 12.3. The van der Waals surface area contributed by atoms with Crippen molar-refractivity contribution in [3.8, 4) is 11.5 Å². The normalized spacial score (nSPS) is 10.5. The number of carbonyl (C=O) groups excluding carboxylic acids is 1. The van der Waals surface area contributed by atoms with Gasteiger partial charge in [0, 0.05) is 23.0 Å². The van der Waals surface area contributed by atoms with Crippen molar-refractivity contribution < 1.29 is 14.3 Å². The van der Waals surface area contributed by atoms with Crippen LogP contribution in [-0.2, 0) is 6.54 Å². The van der Waals surface area contributed by atoms with Gasteiger partial charge in [0.05, 0.1) is 14.2 Å². The molecular formula is C18H18N2O3. The van der Waals surface area contributed by atoms with E-state index in [1.807, 2.05) is 48.5 Å². The van der Waals surface area contributed by atoms with Crippen molar-refractivity contribution in [1.82, 2.24) is 10.3 Å². The average Bonchev–Trinajstić information content (AvgIpc) is 3.03. The summed E-state index contributed by atoms with van der Waals surface area (Å²) in [4.78, 5) is 15.4. The highest BCUT2D eigenvalue weighted by atomic mass is 16.5. The van der Waals surface area contributed by atoms with Crippen LogP contribution in [0.2, 0.25) is 0 Å². The van der Waals surface area contributed by atoms with Crippen LogP contribution in [0.4, 0.5) is 0 Å². The molecule has 0 radical (unpaired) electrons. The third-order valence-electron chi connectivity index (χ3n) is 3.70. The van der Waals surface area contributed by atoms with Crippen LogP contribution in [0.5, 0.6) is 11.5 Å². The van der Waals surface area contributed by atoms with Gasteiger partial charge < -0.3 is 19.8 Å². The van der Waals surface area contributed by atoms with Gasteiger partial charge in [-0.15, -0.1) is 0 Å². The Kier molecular flexibility index (Phi) is 4.19. The number of fused-ring (bicyclic) bond motifs is 1. The maximum Gasteiger partial charge on any atom is 0.267 e. The Bertz CT molecular complexity index is 806. The van der Waals surface area contributed by atoms with Gasteiger partial charge in [0.15, 0.2) is 11.5 Å². The maximum atomic E-state index is 12.3. The van der Waals surface area contributed by atoms with Crippen molar-refractivity contribution in [2.75, 3.05) is 14.2 Å². The van der Waals surface area contributed by atoms with E-state index in [2.05, 4.69) is 10.3 Å². The van der Waals surface area contributed by atoms with Crippen LogP contribution in [0.1, 0.15) is 16.1 Å². The lowest BCUT2D eigenvalue weighted by atomic mass is 10.2. The highest BCUT2D eigenvalue weighted by Crippen LogP contribution is 2.30. The molecule has 0 spiro atoms. The minimum absolute atomic E-state index is 0.161. The van der Waals surface area contributed by atoms with Gasteiger partial charge in [-0.2, -0.15) is 0 Å². The van der Waals surface area contributed by atoms with E-state index >= 15 is 0 Å². The number of aromatic nitrogens is 1. The molecule has 118 valence electrons. The van der Waals surface area contributed by atoms with Gasteiger partial charge >= 0.3 is 0 Å². The number of carbonyl (C=O) groups is 1. The number of para-hydroxylation sites is 2. The standard InChI is InChI=1S/C18H18N2O3/c1-22-16-9-5-7-13(17(16)23-2)11-19-18(21)15-10-12-6-3-4-8-14(12)20-15/h3-10,20H,11H2,1-2H3,(H,19,21). The van der Waals surface area contributed by atoms with Gasteiger partial charge in [0.1, 0.15) is 5.69 Å². The Balaban J connectivity index is 1.76. The summed E-state index contributed by atoms with van der Waals surface area (Å²) in [6, 6.07) is 15.2. The lowest BCUT2D eigenvalue weighted by Crippen LogP contribution is -2.23. The van der Waals surface area contributed by atoms with E-state index in [0.717, 1.165) is 16.5 Å². The Labute approximate surface area is 134 Å². The van der Waals surface area contributed by atoms with Crippen LogP contribution in [-0.4, -0.2) is 25.1 Å². The first-order chi connectivity index (χ1) is 11.2. The molecule has 0 saturated carbocycles. The fourth-order valence-corrected chi connectivity index (χ4v) is 2.56. The number of rotatable bonds is 5. The van der Waals surface area contributed by atoms with Gasteiger partial charge in [0.25, 0.3) is 5.91 Å². The lowest BCUT2D eigenvalue weighted by molar-refractivity contribution is 0.0946. The number of aromatic amines is 1. The van der Waals surface area contributed by atoms with Crippen LogP contribution >= 0.6 is 0 Å². The van der Waals surface area contributed by atoms with Crippen LogP contribution in [0.3, 0.4) is 0 Å². The van der Waals surface area contributed by atoms with E-state index < -0.39 is 0 Å². The third-order valence-corrected chi connectivity index (χ3v) is 3.70. The Morgan fingerprint density at radius 1 is 1.09 bits per heavy atom. The lowest BCUT2D eigenvalue weighted by Gasteiger charge is -2.12. The topological polar surface area (TPSA) is 63.3 Å². The molecule has 0 unspecified atom stereocenters. The molecule has 2 N–H and O–H groups in total. The van der Waals surface area contributed by atoms with Gasteiger partial charge in [-0.3, -0.25) is 4.79 Å². The summed E-state index contributed by atoms with van der Waals surface area (Å²) in [5.74, 6) is 1.11. The molecule has 23 heavy (non-hydrogen) atoms. The quantitative estimate of drug-likeness (QED) is 0.761. The number of amides is 1. The van der Waals surface area contributed by atoms with E-state index in [1.54, 1.807) is 14.2 Å². The first-order valence-corrected chi connectivity index (χ1v) is 7.28. The highest BCUT2D eigenvalue weighted by Gasteiger charge is 2.12. The van der Waals surface area contributed by atoms with Crippen LogP contribution in [0.15, 0.2) is 48.5 Å². The second-order valence-electron chi connectivity index (χ2n) is 5.11. The molecule has 0 saturated heterocycles. The molecule has 0 aliphatic carbocycles. The van der Waals surface area contributed by atoms with Crippen LogP contribution in [0.25, 0.3) is 10.9 Å². The monoisotopic (exact) mass is 310 g/mol. The highest BCUT2D eigenvalue weighted by molar-refractivity contribution is 5.97. The number of hydrogen-bond acceptors (Lipinski definition) is 3. The smallest absolute Gasteiger partial charge is 0.267 e. The van der Waals surface area contributed by atoms with Crippen molar-refractivity contribution in [2.24, 2.45) is 0 Å². The molecule has 2 aromatic carbocycles. The van der Waals surface area contributed by atoms with Crippen LogP contribution < -0.4 is 14.8 Å². The minimum atomic E-state index is -0.161. The molecule has 0 fully saturated rings. The molecule has 0 aliphatic rings. The van der Waals surface area contributed by atoms with E-state index in [9.17, 15) is 4.79 Å². The summed E-state index contributed by atoms with van der Waals surface area (Å²) >= 11 is 0. The van der Waals surface area contributed by atoms with E-state index in [0.29, 0.717) is 23.7 Å². The number of methoxy groups -OCH3 is 2. The predicted octanol–water partition coefficient (Wildman–Crippen LogP) is 3.12. The molecule has 3 rings (SSSR count). The van der Waals surface area contributed by atoms with Crippen molar-refractivity contribution >= 4 is 16.8 Å². The van der Waals surface area contributed by atoms with Crippen LogP contribution in [0, 0.1) is 0 Å². The Morgan fingerprint density at radius 3 is 2.65 bits per heavy atom. The van der Waals surface area contributed by atoms with Gasteiger partial charge in [-0.1, -0.05) is 30.3 Å². The second kappa shape index (κ2) is 6.44. The fraction of sp³-hybridized carbons (Fsp3) is 0.167. The zero-order chi connectivity index (χ0) is 16.2. The minimum Gasteiger partial charge on any atom is -0.493 e. The van der Waals surface area contributed by atoms with Crippen molar-refractivity contribution in [2.45, 2.75) is 6.54 Å². The number of ether oxygens (including phenoxy) is 2. The summed E-state index contributed by atoms with van der Waals surface area (Å²) in [6.45, 7) is 0.356. The van der Waals surface area contributed by atoms with Gasteiger partial charge in [-0.25, -0.2) is 0 Å². The average molecular weight is 310 g/mol. The summed E-state index contributed by atoms with van der Waals surface area (Å²) in [6.07, 6.45) is 0. The van der Waals surface area contributed by atoms with E-state index in [4.69, 9.17) is 9.47 Å². The molecular weight excluding hydrogens is 292 g/mol. The van der Waals surface area contributed by atoms with Crippen molar-refractivity contribution in [3.63, 3.8) is 0 Å². The first kappa shape index (κ1) is 15.0. The summed E-state index contributed by atoms with van der Waals surface area (Å²) in [5, 5.41) is 3.91. The number of hydrogen-bond donors (Lipinski definition) is 2. The molecule has 0 aliphatic heterocycles. The zero-order valence-corrected chi connectivity index (χ0v) is 13.1. The third kappa shape index (κ3) is 2.99. The number of H-pyrrole nitrogens is 1. The molecule has 3 aromatic rings. The van der Waals surface area contributed by atoms with Gasteiger partial charge in [-0.05, 0) is 18.2 Å².